The van der Waals surface area contributed by atoms with Crippen molar-refractivity contribution in [3.8, 4) is 50.2 Å². The number of fused-ring (bicyclic) bond motifs is 5. The zero-order valence-corrected chi connectivity index (χ0v) is 35.1. The highest BCUT2D eigenvalue weighted by Gasteiger charge is 2.19. The molecule has 0 atom stereocenters. The van der Waals surface area contributed by atoms with Gasteiger partial charge in [0.1, 0.15) is 0 Å². The molecule has 0 saturated heterocycles. The zero-order valence-electron chi connectivity index (χ0n) is 35.1. The fourth-order valence-electron chi connectivity index (χ4n) is 9.80. The molecule has 0 unspecified atom stereocenters. The van der Waals surface area contributed by atoms with E-state index in [1.165, 1.54) is 82.3 Å². The van der Waals surface area contributed by atoms with Crippen LogP contribution in [0, 0.1) is 0 Å². The van der Waals surface area contributed by atoms with E-state index in [1.54, 1.807) is 0 Å². The van der Waals surface area contributed by atoms with Gasteiger partial charge in [0.25, 0.3) is 0 Å². The summed E-state index contributed by atoms with van der Waals surface area (Å²) in [7, 11) is 0. The van der Waals surface area contributed by atoms with E-state index >= 15 is 0 Å². The SMILES string of the molecule is c1ccc(-c2cc(-c3cccc4ccccc34)cc(-n3c4ccccc4c4cc(-c5ccccc5-c5cccc(N(c6ccccc6)c6cccc7ccccc67)c5)ccc43)c2)cc1. The van der Waals surface area contributed by atoms with Gasteiger partial charge in [0.2, 0.25) is 0 Å². The van der Waals surface area contributed by atoms with Crippen LogP contribution in [-0.4, -0.2) is 4.57 Å². The molecule has 0 N–H and O–H groups in total. The van der Waals surface area contributed by atoms with Crippen molar-refractivity contribution in [2.75, 3.05) is 4.90 Å². The van der Waals surface area contributed by atoms with Crippen molar-refractivity contribution in [1.82, 2.24) is 4.57 Å². The maximum Gasteiger partial charge on any atom is 0.0541 e. The van der Waals surface area contributed by atoms with Crippen LogP contribution in [0.25, 0.3) is 93.5 Å². The average molecular weight is 815 g/mol. The first-order valence-electron chi connectivity index (χ1n) is 22.0. The Kier molecular flexibility index (Phi) is 9.20. The van der Waals surface area contributed by atoms with E-state index in [9.17, 15) is 0 Å². The standard InChI is InChI=1S/C62H42N2/c1-3-18-43(19-4-1)48-38-49(56-33-16-22-44-20-7-9-28-53(44)56)41-52(40-48)64-61-34-14-13-32-58(61)59-42-47(36-37-62(59)64)55-30-12-11-29-54(55)46-24-15-27-51(39-46)63(50-25-5-2-6-26-50)60-35-17-23-45-21-8-10-31-57(45)60/h1-42H. The van der Waals surface area contributed by atoms with Crippen molar-refractivity contribution >= 4 is 60.4 Å². The van der Waals surface area contributed by atoms with Crippen molar-refractivity contribution in [1.29, 1.82) is 0 Å². The molecular formula is C62H42N2. The van der Waals surface area contributed by atoms with Gasteiger partial charge in [0, 0.05) is 33.2 Å². The Morgan fingerprint density at radius 1 is 0.266 bits per heavy atom. The third kappa shape index (κ3) is 6.52. The summed E-state index contributed by atoms with van der Waals surface area (Å²) in [6.45, 7) is 0. The number of anilines is 3. The molecule has 0 spiro atoms. The Morgan fingerprint density at radius 2 is 0.797 bits per heavy atom. The molecule has 0 radical (unpaired) electrons. The zero-order chi connectivity index (χ0) is 42.4. The molecule has 2 heteroatoms. The van der Waals surface area contributed by atoms with Crippen LogP contribution in [0.15, 0.2) is 255 Å². The first-order valence-corrected chi connectivity index (χ1v) is 22.0. The van der Waals surface area contributed by atoms with E-state index in [-0.39, 0.29) is 0 Å². The van der Waals surface area contributed by atoms with Crippen molar-refractivity contribution < 1.29 is 0 Å². The maximum absolute atomic E-state index is 2.45. The molecule has 0 saturated carbocycles. The number of hydrogen-bond donors (Lipinski definition) is 0. The largest absolute Gasteiger partial charge is 0.310 e. The number of rotatable bonds is 8. The third-order valence-corrected chi connectivity index (χ3v) is 12.7. The molecule has 0 aliphatic rings. The van der Waals surface area contributed by atoms with E-state index in [4.69, 9.17) is 0 Å². The summed E-state index contributed by atoms with van der Waals surface area (Å²) in [4.78, 5) is 2.38. The van der Waals surface area contributed by atoms with Crippen molar-refractivity contribution in [3.05, 3.63) is 255 Å². The van der Waals surface area contributed by atoms with Gasteiger partial charge in [-0.2, -0.15) is 0 Å². The highest BCUT2D eigenvalue weighted by Crippen LogP contribution is 2.43. The molecule has 0 aliphatic heterocycles. The van der Waals surface area contributed by atoms with Gasteiger partial charge in [-0.3, -0.25) is 0 Å². The molecule has 0 bridgehead atoms. The van der Waals surface area contributed by atoms with Gasteiger partial charge in [0.15, 0.2) is 0 Å². The lowest BCUT2D eigenvalue weighted by molar-refractivity contribution is 1.18. The van der Waals surface area contributed by atoms with Crippen LogP contribution in [0.1, 0.15) is 0 Å². The first-order chi connectivity index (χ1) is 31.7. The van der Waals surface area contributed by atoms with Gasteiger partial charge in [-0.25, -0.2) is 0 Å². The highest BCUT2D eigenvalue weighted by molar-refractivity contribution is 6.11. The Labute approximate surface area is 373 Å². The van der Waals surface area contributed by atoms with Gasteiger partial charge >= 0.3 is 0 Å². The first kappa shape index (κ1) is 37.3. The quantitative estimate of drug-likeness (QED) is 0.148. The van der Waals surface area contributed by atoms with Crippen LogP contribution in [0.2, 0.25) is 0 Å². The number of para-hydroxylation sites is 2. The van der Waals surface area contributed by atoms with Gasteiger partial charge in [0.05, 0.1) is 16.7 Å². The van der Waals surface area contributed by atoms with Crippen molar-refractivity contribution in [2.45, 2.75) is 0 Å². The van der Waals surface area contributed by atoms with E-state index in [0.717, 1.165) is 28.3 Å². The van der Waals surface area contributed by atoms with Gasteiger partial charge in [-0.05, 0) is 127 Å². The fourth-order valence-corrected chi connectivity index (χ4v) is 9.80. The van der Waals surface area contributed by atoms with Gasteiger partial charge in [-0.15, -0.1) is 0 Å². The molecule has 12 rings (SSSR count). The lowest BCUT2D eigenvalue weighted by Crippen LogP contribution is -2.10. The Bertz CT molecular complexity index is 3670. The average Bonchev–Trinajstić information content (AvgIpc) is 3.71. The predicted octanol–water partition coefficient (Wildman–Crippen LogP) is 17.2. The van der Waals surface area contributed by atoms with Gasteiger partial charge < -0.3 is 9.47 Å². The summed E-state index contributed by atoms with van der Waals surface area (Å²) >= 11 is 0. The molecule has 1 heterocycles. The summed E-state index contributed by atoms with van der Waals surface area (Å²) in [5.41, 5.74) is 16.4. The summed E-state index contributed by atoms with van der Waals surface area (Å²) in [6, 6.07) is 92.8. The smallest absolute Gasteiger partial charge is 0.0541 e. The summed E-state index contributed by atoms with van der Waals surface area (Å²) in [5, 5.41) is 7.36. The lowest BCUT2D eigenvalue weighted by atomic mass is 9.93. The molecule has 12 aromatic rings. The Balaban J connectivity index is 1.01. The van der Waals surface area contributed by atoms with E-state index in [1.807, 2.05) is 0 Å². The molecule has 0 aliphatic carbocycles. The number of benzene rings is 11. The normalized spacial score (nSPS) is 11.4. The van der Waals surface area contributed by atoms with Crippen LogP contribution < -0.4 is 4.90 Å². The number of hydrogen-bond acceptors (Lipinski definition) is 1. The maximum atomic E-state index is 2.45. The minimum Gasteiger partial charge on any atom is -0.310 e. The highest BCUT2D eigenvalue weighted by atomic mass is 15.1. The second-order valence-corrected chi connectivity index (χ2v) is 16.5. The second-order valence-electron chi connectivity index (χ2n) is 16.5. The molecule has 11 aromatic carbocycles. The molecule has 0 amide bonds. The summed E-state index contributed by atoms with van der Waals surface area (Å²) < 4.78 is 2.45. The van der Waals surface area contributed by atoms with Crippen LogP contribution >= 0.6 is 0 Å². The molecular weight excluding hydrogens is 773 g/mol. The lowest BCUT2D eigenvalue weighted by Gasteiger charge is -2.27. The van der Waals surface area contributed by atoms with Crippen molar-refractivity contribution in [2.24, 2.45) is 0 Å². The molecule has 1 aromatic heterocycles. The predicted molar refractivity (Wildman–Crippen MR) is 272 cm³/mol. The molecule has 2 nitrogen and oxygen atoms in total. The van der Waals surface area contributed by atoms with Crippen LogP contribution in [0.4, 0.5) is 17.1 Å². The summed E-state index contributed by atoms with van der Waals surface area (Å²) in [5.74, 6) is 0. The van der Waals surface area contributed by atoms with Crippen molar-refractivity contribution in [3.63, 3.8) is 0 Å². The van der Waals surface area contributed by atoms with Crippen LogP contribution in [0.5, 0.6) is 0 Å². The monoisotopic (exact) mass is 814 g/mol. The van der Waals surface area contributed by atoms with E-state index in [2.05, 4.69) is 264 Å². The van der Waals surface area contributed by atoms with Crippen LogP contribution in [0.3, 0.4) is 0 Å². The minimum atomic E-state index is 1.11. The van der Waals surface area contributed by atoms with E-state index in [0.29, 0.717) is 0 Å². The molecule has 300 valence electrons. The van der Waals surface area contributed by atoms with E-state index < -0.39 is 0 Å². The van der Waals surface area contributed by atoms with Gasteiger partial charge in [-0.1, -0.05) is 188 Å². The Hall–Kier alpha value is -8.46. The summed E-state index contributed by atoms with van der Waals surface area (Å²) in [6.07, 6.45) is 0. The minimum absolute atomic E-state index is 1.11. The Morgan fingerprint density at radius 3 is 1.59 bits per heavy atom. The number of aromatic nitrogens is 1. The second kappa shape index (κ2) is 15.8. The molecule has 0 fully saturated rings. The fraction of sp³-hybridized carbons (Fsp3) is 0. The topological polar surface area (TPSA) is 8.17 Å². The number of nitrogens with zero attached hydrogens (tertiary/aromatic N) is 2. The molecule has 64 heavy (non-hydrogen) atoms. The third-order valence-electron chi connectivity index (χ3n) is 12.7. The van der Waals surface area contributed by atoms with Crippen LogP contribution in [-0.2, 0) is 0 Å².